The maximum Gasteiger partial charge on any atom is 0.233 e. The molecule has 0 heterocycles. The van der Waals surface area contributed by atoms with Crippen LogP contribution in [0, 0.1) is 0 Å². The fraction of sp³-hybridized carbons (Fsp3) is 0. The number of benzene rings is 2. The summed E-state index contributed by atoms with van der Waals surface area (Å²) in [6.07, 6.45) is 0.910. The summed E-state index contributed by atoms with van der Waals surface area (Å²) < 4.78 is 25.3. The van der Waals surface area contributed by atoms with Gasteiger partial charge in [-0.15, -0.1) is 0 Å². The third-order valence-corrected chi connectivity index (χ3v) is 5.08. The van der Waals surface area contributed by atoms with Gasteiger partial charge in [-0.05, 0) is 12.1 Å². The van der Waals surface area contributed by atoms with E-state index in [-0.39, 0.29) is 20.9 Å². The number of allylic oxidation sites excluding steroid dienone is 1. The first-order valence-corrected chi connectivity index (χ1v) is 7.70. The molecule has 21 heavy (non-hydrogen) atoms. The summed E-state index contributed by atoms with van der Waals surface area (Å²) >= 11 is 0. The maximum absolute atomic E-state index is 12.7. The summed E-state index contributed by atoms with van der Waals surface area (Å²) in [5.74, 6) is -1.50. The predicted molar refractivity (Wildman–Crippen MR) is 77.4 cm³/mol. The van der Waals surface area contributed by atoms with E-state index in [1.807, 2.05) is 0 Å². The van der Waals surface area contributed by atoms with E-state index in [2.05, 4.69) is 0 Å². The van der Waals surface area contributed by atoms with Gasteiger partial charge in [0.05, 0.1) is 9.80 Å². The molecule has 3 rings (SSSR count). The summed E-state index contributed by atoms with van der Waals surface area (Å²) in [4.78, 5) is 23.6. The second-order valence-corrected chi connectivity index (χ2v) is 6.48. The zero-order valence-corrected chi connectivity index (χ0v) is 11.6. The number of sulfone groups is 1. The molecule has 0 saturated carbocycles. The molecule has 0 fully saturated rings. The van der Waals surface area contributed by atoms with Gasteiger partial charge in [-0.25, -0.2) is 8.42 Å². The Labute approximate surface area is 121 Å². The molecular weight excluding hydrogens is 288 g/mol. The van der Waals surface area contributed by atoms with Crippen molar-refractivity contribution in [2.24, 2.45) is 0 Å². The van der Waals surface area contributed by atoms with Crippen molar-refractivity contribution in [1.29, 1.82) is 0 Å². The van der Waals surface area contributed by atoms with E-state index in [1.165, 1.54) is 24.3 Å². The topological polar surface area (TPSA) is 68.3 Å². The molecule has 0 radical (unpaired) electrons. The number of Topliss-reactive ketones (excluding diaryl/α,β-unsaturated/α-hetero) is 1. The quantitative estimate of drug-likeness (QED) is 0.798. The van der Waals surface area contributed by atoms with Gasteiger partial charge in [0.2, 0.25) is 21.4 Å². The highest BCUT2D eigenvalue weighted by Crippen LogP contribution is 2.33. The zero-order chi connectivity index (χ0) is 15.0. The molecule has 2 aromatic rings. The average Bonchev–Trinajstić information content (AvgIpc) is 2.51. The Balaban J connectivity index is 2.26. The first-order chi connectivity index (χ1) is 10.0. The molecule has 0 saturated heterocycles. The van der Waals surface area contributed by atoms with Crippen molar-refractivity contribution in [2.45, 2.75) is 4.90 Å². The lowest BCUT2D eigenvalue weighted by atomic mass is 9.95. The van der Waals surface area contributed by atoms with E-state index < -0.39 is 21.4 Å². The summed E-state index contributed by atoms with van der Waals surface area (Å²) in [6, 6.07) is 14.1. The summed E-state index contributed by atoms with van der Waals surface area (Å²) in [6.45, 7) is 0. The van der Waals surface area contributed by atoms with Crippen LogP contribution < -0.4 is 0 Å². The van der Waals surface area contributed by atoms with Gasteiger partial charge in [-0.3, -0.25) is 9.59 Å². The summed E-state index contributed by atoms with van der Waals surface area (Å²) in [5.41, 5.74) is 0.394. The molecule has 0 atom stereocenters. The molecule has 4 nitrogen and oxygen atoms in total. The average molecular weight is 298 g/mol. The van der Waals surface area contributed by atoms with Crippen LogP contribution in [0.15, 0.2) is 65.6 Å². The maximum atomic E-state index is 12.7. The summed E-state index contributed by atoms with van der Waals surface area (Å²) in [5, 5.41) is 0. The molecule has 0 aliphatic heterocycles. The van der Waals surface area contributed by atoms with Gasteiger partial charge in [0.25, 0.3) is 0 Å². The van der Waals surface area contributed by atoms with Gasteiger partial charge in [-0.1, -0.05) is 42.5 Å². The molecule has 1 aliphatic carbocycles. The number of carbonyl (C=O) groups excluding carboxylic acids is 2. The highest BCUT2D eigenvalue weighted by Gasteiger charge is 2.32. The Morgan fingerprint density at radius 1 is 0.714 bits per heavy atom. The summed E-state index contributed by atoms with van der Waals surface area (Å²) in [7, 11) is -3.84. The Hall–Kier alpha value is -2.53. The van der Waals surface area contributed by atoms with Crippen molar-refractivity contribution in [2.75, 3.05) is 0 Å². The molecule has 5 heteroatoms. The van der Waals surface area contributed by atoms with Crippen molar-refractivity contribution in [3.05, 3.63) is 71.8 Å². The molecule has 1 aliphatic rings. The van der Waals surface area contributed by atoms with Gasteiger partial charge in [0.1, 0.15) is 0 Å². The fourth-order valence-corrected chi connectivity index (χ4v) is 3.74. The minimum absolute atomic E-state index is 0.0909. The molecule has 0 unspecified atom stereocenters. The Kier molecular flexibility index (Phi) is 3.07. The number of ketones is 2. The van der Waals surface area contributed by atoms with Crippen molar-refractivity contribution in [3.63, 3.8) is 0 Å². The lowest BCUT2D eigenvalue weighted by molar-refractivity contribution is -0.110. The van der Waals surface area contributed by atoms with Crippen LogP contribution in [0.1, 0.15) is 15.9 Å². The van der Waals surface area contributed by atoms with Crippen molar-refractivity contribution < 1.29 is 18.0 Å². The number of fused-ring (bicyclic) bond motifs is 1. The van der Waals surface area contributed by atoms with Crippen LogP contribution in [0.2, 0.25) is 0 Å². The Morgan fingerprint density at radius 3 is 1.95 bits per heavy atom. The van der Waals surface area contributed by atoms with Gasteiger partial charge >= 0.3 is 0 Å². The van der Waals surface area contributed by atoms with Crippen LogP contribution in [0.3, 0.4) is 0 Å². The SMILES string of the molecule is O=C1C=C(S(=O)(=O)c2ccccc2)c2ccccc2C1=O. The van der Waals surface area contributed by atoms with Crippen LogP contribution in [0.5, 0.6) is 0 Å². The first kappa shape index (κ1) is 13.5. The number of hydrogen-bond donors (Lipinski definition) is 0. The largest absolute Gasteiger partial charge is 0.286 e. The number of carbonyl (C=O) groups is 2. The van der Waals surface area contributed by atoms with Gasteiger partial charge < -0.3 is 0 Å². The van der Waals surface area contributed by atoms with Crippen molar-refractivity contribution in [3.8, 4) is 0 Å². The van der Waals surface area contributed by atoms with Crippen molar-refractivity contribution in [1.82, 2.24) is 0 Å². The molecule has 104 valence electrons. The van der Waals surface area contributed by atoms with E-state index in [9.17, 15) is 18.0 Å². The molecule has 0 spiro atoms. The zero-order valence-electron chi connectivity index (χ0n) is 10.8. The van der Waals surface area contributed by atoms with Crippen LogP contribution in [-0.4, -0.2) is 20.0 Å². The monoisotopic (exact) mass is 298 g/mol. The molecule has 0 N–H and O–H groups in total. The molecule has 0 amide bonds. The standard InChI is InChI=1S/C16H10O4S/c17-14-10-15(12-8-4-5-9-13(12)16(14)18)21(19,20)11-6-2-1-3-7-11/h1-10H. The van der Waals surface area contributed by atoms with Crippen LogP contribution in [0.25, 0.3) is 4.91 Å². The van der Waals surface area contributed by atoms with Crippen LogP contribution in [0.4, 0.5) is 0 Å². The lowest BCUT2D eigenvalue weighted by Gasteiger charge is -2.16. The molecular formula is C16H10O4S. The highest BCUT2D eigenvalue weighted by molar-refractivity contribution is 8.00. The Morgan fingerprint density at radius 2 is 1.29 bits per heavy atom. The second-order valence-electron chi connectivity index (χ2n) is 4.56. The minimum atomic E-state index is -3.84. The molecule has 2 aromatic carbocycles. The second kappa shape index (κ2) is 4.79. The van der Waals surface area contributed by atoms with Gasteiger partial charge in [-0.2, -0.15) is 0 Å². The van der Waals surface area contributed by atoms with Crippen LogP contribution >= 0.6 is 0 Å². The van der Waals surface area contributed by atoms with E-state index in [1.54, 1.807) is 30.3 Å². The van der Waals surface area contributed by atoms with Crippen molar-refractivity contribution >= 4 is 26.3 Å². The Bertz CT molecular complexity index is 878. The number of hydrogen-bond acceptors (Lipinski definition) is 4. The highest BCUT2D eigenvalue weighted by atomic mass is 32.2. The third kappa shape index (κ3) is 2.11. The van der Waals surface area contributed by atoms with Gasteiger partial charge in [0, 0.05) is 17.2 Å². The van der Waals surface area contributed by atoms with E-state index >= 15 is 0 Å². The fourth-order valence-electron chi connectivity index (χ4n) is 2.24. The smallest absolute Gasteiger partial charge is 0.233 e. The predicted octanol–water partition coefficient (Wildman–Crippen LogP) is 2.27. The molecule has 0 bridgehead atoms. The minimum Gasteiger partial charge on any atom is -0.286 e. The third-order valence-electron chi connectivity index (χ3n) is 3.27. The van der Waals surface area contributed by atoms with E-state index in [0.29, 0.717) is 0 Å². The van der Waals surface area contributed by atoms with E-state index in [0.717, 1.165) is 6.08 Å². The molecule has 0 aromatic heterocycles. The first-order valence-electron chi connectivity index (χ1n) is 6.22. The van der Waals surface area contributed by atoms with Crippen LogP contribution in [-0.2, 0) is 14.6 Å². The van der Waals surface area contributed by atoms with Gasteiger partial charge in [0.15, 0.2) is 0 Å². The van der Waals surface area contributed by atoms with E-state index in [4.69, 9.17) is 0 Å². The number of rotatable bonds is 2. The lowest BCUT2D eigenvalue weighted by Crippen LogP contribution is -2.21. The normalized spacial score (nSPS) is 14.6.